The summed E-state index contributed by atoms with van der Waals surface area (Å²) in [5.41, 5.74) is -0.0622. The van der Waals surface area contributed by atoms with Gasteiger partial charge in [0.25, 0.3) is 0 Å². The van der Waals surface area contributed by atoms with Gasteiger partial charge in [-0.1, -0.05) is 26.2 Å². The van der Waals surface area contributed by atoms with Crippen LogP contribution < -0.4 is 5.32 Å². The van der Waals surface area contributed by atoms with Crippen LogP contribution >= 0.6 is 0 Å². The molecule has 1 aliphatic heterocycles. The number of guanidine groups is 1. The third-order valence-electron chi connectivity index (χ3n) is 4.69. The van der Waals surface area contributed by atoms with E-state index in [4.69, 9.17) is 9.73 Å². The Morgan fingerprint density at radius 1 is 1.32 bits per heavy atom. The minimum Gasteiger partial charge on any atom is -0.391 e. The van der Waals surface area contributed by atoms with Gasteiger partial charge >= 0.3 is 0 Å². The molecule has 0 aromatic rings. The number of aliphatic hydroxyl groups excluding tert-OH is 1. The number of hydrogen-bond acceptors (Lipinski definition) is 3. The Kier molecular flexibility index (Phi) is 6.96. The first-order valence-electron chi connectivity index (χ1n) is 9.04. The van der Waals surface area contributed by atoms with Crippen LogP contribution in [0.1, 0.15) is 58.8 Å². The maximum atomic E-state index is 9.75. The van der Waals surface area contributed by atoms with Gasteiger partial charge in [-0.25, -0.2) is 0 Å². The SMILES string of the molecule is CCCOC1(CN=C(NCC)N2CC[C@@H](O)C2)CCCCC1. The summed E-state index contributed by atoms with van der Waals surface area (Å²) in [6.07, 6.45) is 7.74. The molecule has 1 aliphatic carbocycles. The largest absolute Gasteiger partial charge is 0.391 e. The molecule has 22 heavy (non-hydrogen) atoms. The Bertz CT molecular complexity index is 354. The van der Waals surface area contributed by atoms with Crippen LogP contribution in [0.2, 0.25) is 0 Å². The number of aliphatic imine (C=N–C) groups is 1. The van der Waals surface area contributed by atoms with Crippen LogP contribution in [0.25, 0.3) is 0 Å². The number of nitrogens with zero attached hydrogens (tertiary/aromatic N) is 2. The van der Waals surface area contributed by atoms with E-state index in [-0.39, 0.29) is 11.7 Å². The van der Waals surface area contributed by atoms with Crippen molar-refractivity contribution in [1.82, 2.24) is 10.2 Å². The first-order valence-corrected chi connectivity index (χ1v) is 9.04. The van der Waals surface area contributed by atoms with Gasteiger partial charge in [-0.2, -0.15) is 0 Å². The van der Waals surface area contributed by atoms with E-state index >= 15 is 0 Å². The number of nitrogens with one attached hydrogen (secondary N) is 1. The second-order valence-electron chi connectivity index (χ2n) is 6.65. The molecule has 1 atom stereocenters. The highest BCUT2D eigenvalue weighted by Crippen LogP contribution is 2.32. The van der Waals surface area contributed by atoms with E-state index in [2.05, 4.69) is 24.1 Å². The lowest BCUT2D eigenvalue weighted by atomic mass is 9.84. The topological polar surface area (TPSA) is 57.1 Å². The summed E-state index contributed by atoms with van der Waals surface area (Å²) in [5.74, 6) is 0.934. The third kappa shape index (κ3) is 4.85. The molecule has 0 aromatic carbocycles. The Morgan fingerprint density at radius 3 is 2.68 bits per heavy atom. The summed E-state index contributed by atoms with van der Waals surface area (Å²) in [6.45, 7) is 8.25. The van der Waals surface area contributed by atoms with Gasteiger partial charge < -0.3 is 20.1 Å². The molecule has 2 N–H and O–H groups in total. The first-order chi connectivity index (χ1) is 10.7. The molecular formula is C17H33N3O2. The molecule has 1 saturated carbocycles. The maximum Gasteiger partial charge on any atom is 0.194 e. The number of ether oxygens (including phenoxy) is 1. The Labute approximate surface area is 135 Å². The number of likely N-dealkylation sites (tertiary alicyclic amines) is 1. The number of aliphatic hydroxyl groups is 1. The fourth-order valence-electron chi connectivity index (χ4n) is 3.44. The summed E-state index contributed by atoms with van der Waals surface area (Å²) in [6, 6.07) is 0. The van der Waals surface area contributed by atoms with E-state index in [9.17, 15) is 5.11 Å². The standard InChI is InChI=1S/C17H33N3O2/c1-3-12-22-17(9-6-5-7-10-17)14-19-16(18-4-2)20-11-8-15(21)13-20/h15,21H,3-14H2,1-2H3,(H,18,19)/t15-/m1/s1. The molecule has 2 aliphatic rings. The lowest BCUT2D eigenvalue weighted by molar-refractivity contribution is -0.0625. The summed E-state index contributed by atoms with van der Waals surface area (Å²) in [7, 11) is 0. The molecule has 0 radical (unpaired) electrons. The van der Waals surface area contributed by atoms with Crippen LogP contribution in [0.15, 0.2) is 4.99 Å². The van der Waals surface area contributed by atoms with E-state index in [1.807, 2.05) is 0 Å². The van der Waals surface area contributed by atoms with Crippen molar-refractivity contribution in [3.63, 3.8) is 0 Å². The van der Waals surface area contributed by atoms with E-state index in [1.165, 1.54) is 19.3 Å². The van der Waals surface area contributed by atoms with Gasteiger partial charge in [0.15, 0.2) is 5.96 Å². The van der Waals surface area contributed by atoms with Gasteiger partial charge in [0, 0.05) is 26.2 Å². The monoisotopic (exact) mass is 311 g/mol. The summed E-state index contributed by atoms with van der Waals surface area (Å²) >= 11 is 0. The molecule has 5 nitrogen and oxygen atoms in total. The lowest BCUT2D eigenvalue weighted by Crippen LogP contribution is -2.44. The molecule has 0 aromatic heterocycles. The molecule has 1 heterocycles. The van der Waals surface area contributed by atoms with Crippen molar-refractivity contribution in [3.05, 3.63) is 0 Å². The van der Waals surface area contributed by atoms with Crippen molar-refractivity contribution < 1.29 is 9.84 Å². The van der Waals surface area contributed by atoms with E-state index in [0.29, 0.717) is 6.54 Å². The van der Waals surface area contributed by atoms with E-state index in [0.717, 1.165) is 57.9 Å². The Morgan fingerprint density at radius 2 is 2.09 bits per heavy atom. The van der Waals surface area contributed by atoms with Gasteiger partial charge in [-0.3, -0.25) is 4.99 Å². The van der Waals surface area contributed by atoms with Crippen molar-refractivity contribution >= 4 is 5.96 Å². The number of hydrogen-bond donors (Lipinski definition) is 2. The predicted octanol–water partition coefficient (Wildman–Crippen LogP) is 2.15. The predicted molar refractivity (Wildman–Crippen MR) is 90.2 cm³/mol. The minimum atomic E-state index is -0.219. The van der Waals surface area contributed by atoms with Crippen LogP contribution in [0.4, 0.5) is 0 Å². The molecule has 0 bridgehead atoms. The van der Waals surface area contributed by atoms with Crippen LogP contribution in [0.5, 0.6) is 0 Å². The van der Waals surface area contributed by atoms with Crippen molar-refractivity contribution in [2.75, 3.05) is 32.8 Å². The van der Waals surface area contributed by atoms with Crippen molar-refractivity contribution in [2.45, 2.75) is 70.5 Å². The lowest BCUT2D eigenvalue weighted by Gasteiger charge is -2.36. The highest BCUT2D eigenvalue weighted by atomic mass is 16.5. The fourth-order valence-corrected chi connectivity index (χ4v) is 3.44. The van der Waals surface area contributed by atoms with Crippen LogP contribution in [0.3, 0.4) is 0 Å². The quantitative estimate of drug-likeness (QED) is 0.583. The fraction of sp³-hybridized carbons (Fsp3) is 0.941. The molecule has 5 heteroatoms. The highest BCUT2D eigenvalue weighted by Gasteiger charge is 2.33. The number of rotatable bonds is 6. The van der Waals surface area contributed by atoms with Crippen LogP contribution in [-0.2, 0) is 4.74 Å². The highest BCUT2D eigenvalue weighted by molar-refractivity contribution is 5.80. The van der Waals surface area contributed by atoms with Gasteiger partial charge in [0.1, 0.15) is 0 Å². The zero-order valence-corrected chi connectivity index (χ0v) is 14.3. The van der Waals surface area contributed by atoms with Crippen LogP contribution in [-0.4, -0.2) is 60.5 Å². The minimum absolute atomic E-state index is 0.0622. The van der Waals surface area contributed by atoms with Gasteiger partial charge in [-0.15, -0.1) is 0 Å². The van der Waals surface area contributed by atoms with Crippen molar-refractivity contribution in [2.24, 2.45) is 4.99 Å². The second-order valence-corrected chi connectivity index (χ2v) is 6.65. The second kappa shape index (κ2) is 8.73. The van der Waals surface area contributed by atoms with E-state index in [1.54, 1.807) is 0 Å². The molecule has 0 unspecified atom stereocenters. The van der Waals surface area contributed by atoms with Gasteiger partial charge in [0.05, 0.1) is 18.2 Å². The van der Waals surface area contributed by atoms with Crippen molar-refractivity contribution in [3.8, 4) is 0 Å². The summed E-state index contributed by atoms with van der Waals surface area (Å²) in [4.78, 5) is 7.05. The van der Waals surface area contributed by atoms with Crippen molar-refractivity contribution in [1.29, 1.82) is 0 Å². The molecule has 0 amide bonds. The van der Waals surface area contributed by atoms with Gasteiger partial charge in [-0.05, 0) is 32.6 Å². The first kappa shape index (κ1) is 17.5. The summed E-state index contributed by atoms with van der Waals surface area (Å²) in [5, 5.41) is 13.1. The maximum absolute atomic E-state index is 9.75. The third-order valence-corrected chi connectivity index (χ3v) is 4.69. The molecular weight excluding hydrogens is 278 g/mol. The molecule has 2 fully saturated rings. The Balaban J connectivity index is 2.01. The smallest absolute Gasteiger partial charge is 0.194 e. The molecule has 0 spiro atoms. The molecule has 128 valence electrons. The molecule has 2 rings (SSSR count). The normalized spacial score (nSPS) is 25.5. The van der Waals surface area contributed by atoms with Crippen LogP contribution in [0, 0.1) is 0 Å². The zero-order chi connectivity index (χ0) is 15.8. The average Bonchev–Trinajstić information content (AvgIpc) is 2.97. The molecule has 1 saturated heterocycles. The number of β-amino-alcohol motifs (C(OH)–C–C–N with tert-alkyl or cyclic N) is 1. The van der Waals surface area contributed by atoms with E-state index < -0.39 is 0 Å². The summed E-state index contributed by atoms with van der Waals surface area (Å²) < 4.78 is 6.23. The van der Waals surface area contributed by atoms with Gasteiger partial charge in [0.2, 0.25) is 0 Å². The zero-order valence-electron chi connectivity index (χ0n) is 14.3. The Hall–Kier alpha value is -0.810. The average molecular weight is 311 g/mol.